The van der Waals surface area contributed by atoms with Gasteiger partial charge in [0, 0.05) is 0 Å². The van der Waals surface area contributed by atoms with E-state index >= 15 is 0 Å². The molecule has 0 aliphatic heterocycles. The van der Waals surface area contributed by atoms with Crippen LogP contribution in [0.2, 0.25) is 0 Å². The summed E-state index contributed by atoms with van der Waals surface area (Å²) < 4.78 is 0. The van der Waals surface area contributed by atoms with Gasteiger partial charge in [-0.2, -0.15) is 0 Å². The highest BCUT2D eigenvalue weighted by Gasteiger charge is 2.11. The van der Waals surface area contributed by atoms with E-state index in [0.29, 0.717) is 5.92 Å². The first-order chi connectivity index (χ1) is 7.09. The van der Waals surface area contributed by atoms with Gasteiger partial charge >= 0.3 is 0 Å². The maximum atomic E-state index is 2.37. The quantitative estimate of drug-likeness (QED) is 0.642. The van der Waals surface area contributed by atoms with Crippen LogP contribution >= 0.6 is 0 Å². The number of benzene rings is 1. The normalized spacial score (nSPS) is 15.3. The van der Waals surface area contributed by atoms with E-state index in [0.717, 1.165) is 11.8 Å². The smallest absolute Gasteiger partial charge is 0.0188 e. The zero-order chi connectivity index (χ0) is 11.3. The summed E-state index contributed by atoms with van der Waals surface area (Å²) in [7, 11) is 0. The molecule has 1 rings (SSSR count). The molecule has 0 heterocycles. The molecule has 0 fully saturated rings. The molecular weight excluding hydrogens is 180 g/mol. The van der Waals surface area contributed by atoms with E-state index in [9.17, 15) is 0 Å². The molecule has 1 aromatic carbocycles. The van der Waals surface area contributed by atoms with Crippen LogP contribution in [0.15, 0.2) is 30.3 Å². The van der Waals surface area contributed by atoms with Crippen LogP contribution in [0.5, 0.6) is 0 Å². The first-order valence-electron chi connectivity index (χ1n) is 6.14. The van der Waals surface area contributed by atoms with Gasteiger partial charge in [0.2, 0.25) is 0 Å². The molecule has 0 N–H and O–H groups in total. The van der Waals surface area contributed by atoms with Crippen LogP contribution in [-0.4, -0.2) is 0 Å². The zero-order valence-corrected chi connectivity index (χ0v) is 10.5. The van der Waals surface area contributed by atoms with Crippen molar-refractivity contribution < 1.29 is 0 Å². The molecule has 84 valence electrons. The number of rotatable bonds is 5. The molecule has 0 saturated heterocycles. The number of hydrogen-bond acceptors (Lipinski definition) is 0. The lowest BCUT2D eigenvalue weighted by Crippen LogP contribution is -2.05. The molecule has 0 bridgehead atoms. The standard InChI is InChI=1S/C15H24/c1-12(2)10-13(3)11-14(4)15-8-6-5-7-9-15/h5-9,12-14H,10-11H2,1-4H3. The Kier molecular flexibility index (Phi) is 4.87. The van der Waals surface area contributed by atoms with Crippen molar-refractivity contribution in [3.05, 3.63) is 35.9 Å². The Morgan fingerprint density at radius 1 is 0.867 bits per heavy atom. The molecule has 1 aromatic rings. The van der Waals surface area contributed by atoms with Gasteiger partial charge in [0.25, 0.3) is 0 Å². The second-order valence-electron chi connectivity index (χ2n) is 5.28. The molecule has 2 atom stereocenters. The highest BCUT2D eigenvalue weighted by Crippen LogP contribution is 2.26. The Morgan fingerprint density at radius 3 is 2.00 bits per heavy atom. The summed E-state index contributed by atoms with van der Waals surface area (Å²) >= 11 is 0. The van der Waals surface area contributed by atoms with E-state index in [1.807, 2.05) is 0 Å². The fraction of sp³-hybridized carbons (Fsp3) is 0.600. The van der Waals surface area contributed by atoms with Gasteiger partial charge in [-0.05, 0) is 36.2 Å². The van der Waals surface area contributed by atoms with Gasteiger partial charge in [0.05, 0.1) is 0 Å². The minimum Gasteiger partial charge on any atom is -0.0628 e. The van der Waals surface area contributed by atoms with Crippen molar-refractivity contribution in [1.29, 1.82) is 0 Å². The molecule has 0 spiro atoms. The summed E-state index contributed by atoms with van der Waals surface area (Å²) in [5.41, 5.74) is 1.48. The van der Waals surface area contributed by atoms with E-state index in [2.05, 4.69) is 58.0 Å². The third-order valence-electron chi connectivity index (χ3n) is 3.00. The Morgan fingerprint density at radius 2 is 1.47 bits per heavy atom. The summed E-state index contributed by atoms with van der Waals surface area (Å²) in [5.74, 6) is 2.35. The Labute approximate surface area is 94.7 Å². The summed E-state index contributed by atoms with van der Waals surface area (Å²) in [6.07, 6.45) is 2.65. The van der Waals surface area contributed by atoms with Crippen LogP contribution in [0.25, 0.3) is 0 Å². The third kappa shape index (κ3) is 4.51. The number of hydrogen-bond donors (Lipinski definition) is 0. The lowest BCUT2D eigenvalue weighted by molar-refractivity contribution is 0.393. The second-order valence-corrected chi connectivity index (χ2v) is 5.28. The maximum absolute atomic E-state index is 2.37. The maximum Gasteiger partial charge on any atom is -0.0188 e. The predicted octanol–water partition coefficient (Wildman–Crippen LogP) is 4.86. The Balaban J connectivity index is 2.45. The van der Waals surface area contributed by atoms with Gasteiger partial charge in [-0.1, -0.05) is 58.0 Å². The first-order valence-corrected chi connectivity index (χ1v) is 6.14. The molecule has 0 radical (unpaired) electrons. The van der Waals surface area contributed by atoms with Crippen molar-refractivity contribution in [2.24, 2.45) is 11.8 Å². The van der Waals surface area contributed by atoms with Gasteiger partial charge in [-0.25, -0.2) is 0 Å². The van der Waals surface area contributed by atoms with Crippen molar-refractivity contribution in [3.63, 3.8) is 0 Å². The lowest BCUT2D eigenvalue weighted by Gasteiger charge is -2.19. The van der Waals surface area contributed by atoms with E-state index < -0.39 is 0 Å². The summed E-state index contributed by atoms with van der Waals surface area (Å²) in [5, 5.41) is 0. The van der Waals surface area contributed by atoms with Crippen LogP contribution in [-0.2, 0) is 0 Å². The molecule has 0 amide bonds. The first kappa shape index (κ1) is 12.3. The fourth-order valence-corrected chi connectivity index (χ4v) is 2.42. The minimum absolute atomic E-state index is 0.694. The fourth-order valence-electron chi connectivity index (χ4n) is 2.42. The molecule has 0 heteroatoms. The van der Waals surface area contributed by atoms with Gasteiger partial charge in [-0.15, -0.1) is 0 Å². The van der Waals surface area contributed by atoms with Crippen LogP contribution < -0.4 is 0 Å². The van der Waals surface area contributed by atoms with E-state index in [4.69, 9.17) is 0 Å². The van der Waals surface area contributed by atoms with Gasteiger partial charge in [0.15, 0.2) is 0 Å². The van der Waals surface area contributed by atoms with Crippen LogP contribution in [0.1, 0.15) is 52.0 Å². The molecule has 15 heavy (non-hydrogen) atoms. The molecule has 0 aromatic heterocycles. The second kappa shape index (κ2) is 5.95. The predicted molar refractivity (Wildman–Crippen MR) is 68.1 cm³/mol. The molecule has 0 aliphatic carbocycles. The lowest BCUT2D eigenvalue weighted by atomic mass is 9.87. The average molecular weight is 204 g/mol. The van der Waals surface area contributed by atoms with Crippen molar-refractivity contribution in [2.75, 3.05) is 0 Å². The zero-order valence-electron chi connectivity index (χ0n) is 10.5. The minimum atomic E-state index is 0.694. The van der Waals surface area contributed by atoms with E-state index in [1.165, 1.54) is 18.4 Å². The van der Waals surface area contributed by atoms with Crippen LogP contribution in [0.3, 0.4) is 0 Å². The van der Waals surface area contributed by atoms with E-state index in [-0.39, 0.29) is 0 Å². The average Bonchev–Trinajstić information content (AvgIpc) is 2.17. The molecule has 0 nitrogen and oxygen atoms in total. The summed E-state index contributed by atoms with van der Waals surface area (Å²) in [6.45, 7) is 9.33. The molecular formula is C15H24. The highest BCUT2D eigenvalue weighted by atomic mass is 14.2. The van der Waals surface area contributed by atoms with Gasteiger partial charge in [-0.3, -0.25) is 0 Å². The molecule has 2 unspecified atom stereocenters. The van der Waals surface area contributed by atoms with Crippen molar-refractivity contribution >= 4 is 0 Å². The Hall–Kier alpha value is -0.780. The van der Waals surface area contributed by atoms with E-state index in [1.54, 1.807) is 0 Å². The third-order valence-corrected chi connectivity index (χ3v) is 3.00. The molecule has 0 aliphatic rings. The summed E-state index contributed by atoms with van der Waals surface area (Å²) in [6, 6.07) is 10.9. The van der Waals surface area contributed by atoms with Crippen molar-refractivity contribution in [2.45, 2.75) is 46.5 Å². The van der Waals surface area contributed by atoms with Crippen LogP contribution in [0, 0.1) is 11.8 Å². The Bertz CT molecular complexity index is 261. The topological polar surface area (TPSA) is 0 Å². The van der Waals surface area contributed by atoms with Crippen molar-refractivity contribution in [1.82, 2.24) is 0 Å². The van der Waals surface area contributed by atoms with Crippen LogP contribution in [0.4, 0.5) is 0 Å². The van der Waals surface area contributed by atoms with Crippen molar-refractivity contribution in [3.8, 4) is 0 Å². The van der Waals surface area contributed by atoms with Gasteiger partial charge < -0.3 is 0 Å². The molecule has 0 saturated carbocycles. The summed E-state index contributed by atoms with van der Waals surface area (Å²) in [4.78, 5) is 0. The SMILES string of the molecule is CC(C)CC(C)CC(C)c1ccccc1. The van der Waals surface area contributed by atoms with Gasteiger partial charge in [0.1, 0.15) is 0 Å². The largest absolute Gasteiger partial charge is 0.0628 e. The highest BCUT2D eigenvalue weighted by molar-refractivity contribution is 5.18. The monoisotopic (exact) mass is 204 g/mol.